The molecule has 0 fully saturated rings. The van der Waals surface area contributed by atoms with Crippen LogP contribution < -0.4 is 0 Å². The van der Waals surface area contributed by atoms with Gasteiger partial charge < -0.3 is 0 Å². The molecule has 0 aliphatic rings. The van der Waals surface area contributed by atoms with Crippen LogP contribution in [-0.2, 0) is 0 Å². The monoisotopic (exact) mass is 195 g/mol. The molecule has 1 atom stereocenters. The topological polar surface area (TPSA) is 43.1 Å². The molecule has 1 aromatic carbocycles. The molecule has 0 radical (unpaired) electrons. The van der Waals surface area contributed by atoms with Crippen molar-refractivity contribution in [3.05, 3.63) is 52.3 Å². The molecular weight excluding hydrogens is 185 g/mol. The van der Waals surface area contributed by atoms with E-state index in [1.807, 2.05) is 0 Å². The average Bonchev–Trinajstić information content (AvgIpc) is 2.15. The van der Waals surface area contributed by atoms with Crippen molar-refractivity contribution in [1.82, 2.24) is 0 Å². The number of benzene rings is 1. The van der Waals surface area contributed by atoms with Crippen molar-refractivity contribution >= 4 is 5.69 Å². The Bertz CT molecular complexity index is 376. The summed E-state index contributed by atoms with van der Waals surface area (Å²) in [5.41, 5.74) is -0.107. The van der Waals surface area contributed by atoms with Crippen molar-refractivity contribution in [2.24, 2.45) is 0 Å². The molecule has 0 heterocycles. The highest BCUT2D eigenvalue weighted by Crippen LogP contribution is 2.29. The zero-order chi connectivity index (χ0) is 10.7. The maximum atomic E-state index is 13.1. The number of nitro groups is 1. The molecular formula is C10H10FNO2. The summed E-state index contributed by atoms with van der Waals surface area (Å²) < 4.78 is 13.1. The fourth-order valence-electron chi connectivity index (χ4n) is 1.22. The first-order chi connectivity index (χ1) is 6.57. The Morgan fingerprint density at radius 1 is 1.64 bits per heavy atom. The van der Waals surface area contributed by atoms with Gasteiger partial charge in [-0.15, -0.1) is 6.58 Å². The van der Waals surface area contributed by atoms with Gasteiger partial charge in [0.25, 0.3) is 0 Å². The molecule has 0 N–H and O–H groups in total. The Hall–Kier alpha value is -1.71. The van der Waals surface area contributed by atoms with Gasteiger partial charge in [-0.25, -0.2) is 0 Å². The van der Waals surface area contributed by atoms with Crippen LogP contribution in [0.5, 0.6) is 0 Å². The summed E-state index contributed by atoms with van der Waals surface area (Å²) in [6.07, 6.45) is 1.54. The number of rotatable bonds is 3. The van der Waals surface area contributed by atoms with Crippen LogP contribution in [0.15, 0.2) is 30.9 Å². The van der Waals surface area contributed by atoms with Gasteiger partial charge >= 0.3 is 5.69 Å². The van der Waals surface area contributed by atoms with Crippen LogP contribution in [0.25, 0.3) is 0 Å². The molecule has 3 nitrogen and oxygen atoms in total. The minimum absolute atomic E-state index is 0.230. The van der Waals surface area contributed by atoms with Gasteiger partial charge in [0.15, 0.2) is 0 Å². The fourth-order valence-corrected chi connectivity index (χ4v) is 1.22. The van der Waals surface area contributed by atoms with E-state index in [-0.39, 0.29) is 5.92 Å². The minimum Gasteiger partial charge on any atom is -0.258 e. The molecule has 0 amide bonds. The Labute approximate surface area is 81.0 Å². The smallest absolute Gasteiger partial charge is 0.258 e. The summed E-state index contributed by atoms with van der Waals surface area (Å²) in [5, 5.41) is 10.6. The standard InChI is InChI=1S/C10H10FNO2/c1-3-7(2)8-5-4-6-9(11)10(8)12(13)14/h3-7H,1H2,2H3. The van der Waals surface area contributed by atoms with Gasteiger partial charge in [-0.05, 0) is 6.07 Å². The largest absolute Gasteiger partial charge is 0.308 e. The zero-order valence-electron chi connectivity index (χ0n) is 7.74. The van der Waals surface area contributed by atoms with Crippen LogP contribution in [-0.4, -0.2) is 4.92 Å². The Balaban J connectivity index is 3.35. The number of halogens is 1. The molecule has 0 saturated carbocycles. The van der Waals surface area contributed by atoms with Crippen LogP contribution >= 0.6 is 0 Å². The van der Waals surface area contributed by atoms with Crippen LogP contribution in [0.4, 0.5) is 10.1 Å². The molecule has 0 bridgehead atoms. The molecule has 0 aliphatic heterocycles. The third kappa shape index (κ3) is 1.79. The number of allylic oxidation sites excluding steroid dienone is 1. The van der Waals surface area contributed by atoms with Crippen molar-refractivity contribution in [2.45, 2.75) is 12.8 Å². The highest BCUT2D eigenvalue weighted by atomic mass is 19.1. The molecule has 74 valence electrons. The second-order valence-corrected chi connectivity index (χ2v) is 2.96. The van der Waals surface area contributed by atoms with Crippen LogP contribution in [0.1, 0.15) is 18.4 Å². The summed E-state index contributed by atoms with van der Waals surface area (Å²) in [5.74, 6) is -1.03. The summed E-state index contributed by atoms with van der Waals surface area (Å²) in [6, 6.07) is 4.07. The third-order valence-corrected chi connectivity index (χ3v) is 2.04. The second kappa shape index (κ2) is 4.00. The lowest BCUT2D eigenvalue weighted by Crippen LogP contribution is -2.00. The second-order valence-electron chi connectivity index (χ2n) is 2.96. The number of hydrogen-bond acceptors (Lipinski definition) is 2. The van der Waals surface area contributed by atoms with Gasteiger partial charge in [-0.1, -0.05) is 25.1 Å². The molecule has 0 spiro atoms. The van der Waals surface area contributed by atoms with E-state index in [9.17, 15) is 14.5 Å². The maximum absolute atomic E-state index is 13.1. The Kier molecular flexibility index (Phi) is 2.96. The summed E-state index contributed by atoms with van der Waals surface area (Å²) in [7, 11) is 0. The number of hydrogen-bond donors (Lipinski definition) is 0. The first-order valence-corrected chi connectivity index (χ1v) is 4.13. The fraction of sp³-hybridized carbons (Fsp3) is 0.200. The van der Waals surface area contributed by atoms with Crippen molar-refractivity contribution < 1.29 is 9.31 Å². The van der Waals surface area contributed by atoms with Gasteiger partial charge in [0, 0.05) is 11.5 Å². The van der Waals surface area contributed by atoms with Crippen molar-refractivity contribution in [3.8, 4) is 0 Å². The minimum atomic E-state index is -0.804. The van der Waals surface area contributed by atoms with Gasteiger partial charge in [0.1, 0.15) is 0 Å². The lowest BCUT2D eigenvalue weighted by Gasteiger charge is -2.06. The van der Waals surface area contributed by atoms with E-state index >= 15 is 0 Å². The first kappa shape index (κ1) is 10.4. The Morgan fingerprint density at radius 3 is 2.79 bits per heavy atom. The molecule has 0 saturated heterocycles. The molecule has 0 aromatic heterocycles. The lowest BCUT2D eigenvalue weighted by molar-refractivity contribution is -0.388. The maximum Gasteiger partial charge on any atom is 0.308 e. The number of nitrogens with zero attached hydrogens (tertiary/aromatic N) is 1. The average molecular weight is 195 g/mol. The van der Waals surface area contributed by atoms with Gasteiger partial charge in [0.2, 0.25) is 5.82 Å². The van der Waals surface area contributed by atoms with Gasteiger partial charge in [-0.3, -0.25) is 10.1 Å². The third-order valence-electron chi connectivity index (χ3n) is 2.04. The molecule has 14 heavy (non-hydrogen) atoms. The van der Waals surface area contributed by atoms with E-state index < -0.39 is 16.4 Å². The predicted octanol–water partition coefficient (Wildman–Crippen LogP) is 3.02. The molecule has 4 heteroatoms. The van der Waals surface area contributed by atoms with Gasteiger partial charge in [-0.2, -0.15) is 4.39 Å². The summed E-state index contributed by atoms with van der Waals surface area (Å²) >= 11 is 0. The van der Waals surface area contributed by atoms with Gasteiger partial charge in [0.05, 0.1) is 4.92 Å². The summed E-state index contributed by atoms with van der Waals surface area (Å²) in [4.78, 5) is 9.89. The molecule has 1 aromatic rings. The highest BCUT2D eigenvalue weighted by Gasteiger charge is 2.21. The number of para-hydroxylation sites is 1. The van der Waals surface area contributed by atoms with E-state index in [2.05, 4.69) is 6.58 Å². The number of nitro benzene ring substituents is 1. The Morgan fingerprint density at radius 2 is 2.29 bits per heavy atom. The molecule has 1 rings (SSSR count). The van der Waals surface area contributed by atoms with Crippen molar-refractivity contribution in [2.75, 3.05) is 0 Å². The van der Waals surface area contributed by atoms with Crippen LogP contribution in [0, 0.1) is 15.9 Å². The van der Waals surface area contributed by atoms with Crippen LogP contribution in [0.3, 0.4) is 0 Å². The predicted molar refractivity (Wildman–Crippen MR) is 51.7 cm³/mol. The lowest BCUT2D eigenvalue weighted by atomic mass is 9.99. The van der Waals surface area contributed by atoms with Crippen LogP contribution in [0.2, 0.25) is 0 Å². The van der Waals surface area contributed by atoms with E-state index in [0.29, 0.717) is 5.56 Å². The normalized spacial score (nSPS) is 12.1. The first-order valence-electron chi connectivity index (χ1n) is 4.13. The van der Waals surface area contributed by atoms with Crippen molar-refractivity contribution in [3.63, 3.8) is 0 Å². The van der Waals surface area contributed by atoms with E-state index in [1.165, 1.54) is 12.1 Å². The zero-order valence-corrected chi connectivity index (χ0v) is 7.74. The van der Waals surface area contributed by atoms with E-state index in [4.69, 9.17) is 0 Å². The molecule has 0 aliphatic carbocycles. The van der Waals surface area contributed by atoms with Crippen molar-refractivity contribution in [1.29, 1.82) is 0 Å². The van der Waals surface area contributed by atoms with E-state index in [0.717, 1.165) is 6.07 Å². The van der Waals surface area contributed by atoms with E-state index in [1.54, 1.807) is 13.0 Å². The molecule has 1 unspecified atom stereocenters. The highest BCUT2D eigenvalue weighted by molar-refractivity contribution is 5.44. The SMILES string of the molecule is C=CC(C)c1cccc(F)c1[N+](=O)[O-]. The summed E-state index contributed by atoms with van der Waals surface area (Å²) in [6.45, 7) is 5.25. The quantitative estimate of drug-likeness (QED) is 0.422.